The Kier molecular flexibility index (Phi) is 4.15. The minimum absolute atomic E-state index is 0.683. The monoisotopic (exact) mass is 237 g/mol. The van der Waals surface area contributed by atoms with E-state index < -0.39 is 0 Å². The average molecular weight is 237 g/mol. The van der Waals surface area contributed by atoms with Gasteiger partial charge in [-0.25, -0.2) is 0 Å². The fourth-order valence-electron chi connectivity index (χ4n) is 2.52. The summed E-state index contributed by atoms with van der Waals surface area (Å²) in [5.41, 5.74) is 0. The lowest BCUT2D eigenvalue weighted by atomic mass is 9.87. The van der Waals surface area contributed by atoms with Gasteiger partial charge in [0, 0.05) is 12.5 Å². The van der Waals surface area contributed by atoms with E-state index in [2.05, 4.69) is 29.0 Å². The summed E-state index contributed by atoms with van der Waals surface area (Å²) >= 11 is 0. The summed E-state index contributed by atoms with van der Waals surface area (Å²) in [6.07, 6.45) is 6.13. The van der Waals surface area contributed by atoms with Crippen molar-refractivity contribution in [1.29, 1.82) is 0 Å². The molecular weight excluding hydrogens is 214 g/mol. The quantitative estimate of drug-likeness (QED) is 0.807. The Morgan fingerprint density at radius 2 is 2.00 bits per heavy atom. The molecule has 4 nitrogen and oxygen atoms in total. The van der Waals surface area contributed by atoms with E-state index in [1.54, 1.807) is 0 Å². The van der Waals surface area contributed by atoms with Gasteiger partial charge in [0.2, 0.25) is 5.89 Å². The number of aryl methyl sites for hydroxylation is 1. The smallest absolute Gasteiger partial charge is 0.240 e. The molecule has 0 aliphatic heterocycles. The molecule has 4 heteroatoms. The molecule has 17 heavy (non-hydrogen) atoms. The van der Waals surface area contributed by atoms with Crippen LogP contribution in [0.5, 0.6) is 0 Å². The third-order valence-corrected chi connectivity index (χ3v) is 3.82. The molecule has 1 aromatic rings. The van der Waals surface area contributed by atoms with Crippen LogP contribution in [0.3, 0.4) is 0 Å². The summed E-state index contributed by atoms with van der Waals surface area (Å²) in [5.74, 6) is 2.46. The molecule has 0 N–H and O–H groups in total. The molecule has 0 amide bonds. The van der Waals surface area contributed by atoms with Gasteiger partial charge in [0.15, 0.2) is 5.82 Å². The lowest BCUT2D eigenvalue weighted by molar-refractivity contribution is 0.148. The van der Waals surface area contributed by atoms with Gasteiger partial charge in [0.25, 0.3) is 0 Å². The molecule has 0 aromatic carbocycles. The normalized spacial score (nSPS) is 25.4. The Morgan fingerprint density at radius 3 is 2.59 bits per heavy atom. The highest BCUT2D eigenvalue weighted by Crippen LogP contribution is 2.26. The van der Waals surface area contributed by atoms with Gasteiger partial charge in [0.05, 0.1) is 6.54 Å². The molecule has 1 aromatic heterocycles. The van der Waals surface area contributed by atoms with Crippen LogP contribution in [-0.2, 0) is 13.0 Å². The topological polar surface area (TPSA) is 42.2 Å². The second-order valence-electron chi connectivity index (χ2n) is 5.29. The lowest BCUT2D eigenvalue weighted by Crippen LogP contribution is -2.34. The molecule has 0 bridgehead atoms. The number of aromatic nitrogens is 2. The van der Waals surface area contributed by atoms with Crippen LogP contribution in [-0.4, -0.2) is 28.1 Å². The molecule has 96 valence electrons. The fraction of sp³-hybridized carbons (Fsp3) is 0.846. The molecule has 1 aliphatic rings. The van der Waals surface area contributed by atoms with Gasteiger partial charge in [-0.2, -0.15) is 4.98 Å². The minimum Gasteiger partial charge on any atom is -0.338 e. The van der Waals surface area contributed by atoms with E-state index in [1.165, 1.54) is 25.7 Å². The van der Waals surface area contributed by atoms with Crippen molar-refractivity contribution >= 4 is 0 Å². The van der Waals surface area contributed by atoms with E-state index in [0.29, 0.717) is 6.04 Å². The van der Waals surface area contributed by atoms with E-state index in [9.17, 15) is 0 Å². The van der Waals surface area contributed by atoms with Gasteiger partial charge in [-0.05, 0) is 38.6 Å². The predicted molar refractivity (Wildman–Crippen MR) is 66.6 cm³/mol. The summed E-state index contributed by atoms with van der Waals surface area (Å²) in [6.45, 7) is 5.18. The zero-order valence-electron chi connectivity index (χ0n) is 11.1. The fourth-order valence-corrected chi connectivity index (χ4v) is 2.52. The number of rotatable bonds is 4. The zero-order chi connectivity index (χ0) is 12.3. The molecule has 0 saturated heterocycles. The summed E-state index contributed by atoms with van der Waals surface area (Å²) < 4.78 is 5.24. The van der Waals surface area contributed by atoms with Crippen molar-refractivity contribution in [1.82, 2.24) is 15.0 Å². The highest BCUT2D eigenvalue weighted by Gasteiger charge is 2.22. The van der Waals surface area contributed by atoms with Crippen LogP contribution in [0, 0.1) is 5.92 Å². The summed E-state index contributed by atoms with van der Waals surface area (Å²) in [4.78, 5) is 6.72. The molecule has 1 saturated carbocycles. The van der Waals surface area contributed by atoms with Crippen LogP contribution in [0.1, 0.15) is 51.2 Å². The number of hydrogen-bond acceptors (Lipinski definition) is 4. The molecule has 1 fully saturated rings. The third-order valence-electron chi connectivity index (χ3n) is 3.82. The van der Waals surface area contributed by atoms with E-state index in [1.807, 2.05) is 6.92 Å². The Hall–Kier alpha value is -0.900. The van der Waals surface area contributed by atoms with Crippen LogP contribution in [0.25, 0.3) is 0 Å². The minimum atomic E-state index is 0.683. The largest absolute Gasteiger partial charge is 0.338 e. The van der Waals surface area contributed by atoms with Gasteiger partial charge >= 0.3 is 0 Å². The maximum Gasteiger partial charge on any atom is 0.240 e. The molecule has 1 heterocycles. The molecular formula is C13H23N3O. The summed E-state index contributed by atoms with van der Waals surface area (Å²) in [6, 6.07) is 0.683. The Bertz CT molecular complexity index is 342. The van der Waals surface area contributed by atoms with Crippen molar-refractivity contribution in [2.24, 2.45) is 5.92 Å². The first-order chi connectivity index (χ1) is 8.19. The number of nitrogens with zero attached hydrogens (tertiary/aromatic N) is 3. The first-order valence-electron chi connectivity index (χ1n) is 6.70. The highest BCUT2D eigenvalue weighted by molar-refractivity contribution is 4.87. The van der Waals surface area contributed by atoms with Crippen LogP contribution in [0.15, 0.2) is 4.52 Å². The molecule has 2 rings (SSSR count). The van der Waals surface area contributed by atoms with Gasteiger partial charge in [0.1, 0.15) is 0 Å². The third kappa shape index (κ3) is 3.28. The molecule has 0 spiro atoms. The molecule has 0 unspecified atom stereocenters. The van der Waals surface area contributed by atoms with Crippen molar-refractivity contribution < 1.29 is 4.52 Å². The second kappa shape index (κ2) is 5.63. The number of hydrogen-bond donors (Lipinski definition) is 0. The van der Waals surface area contributed by atoms with Crippen molar-refractivity contribution in [2.75, 3.05) is 7.05 Å². The second-order valence-corrected chi connectivity index (χ2v) is 5.29. The van der Waals surface area contributed by atoms with E-state index in [-0.39, 0.29) is 0 Å². The SMILES string of the molecule is CCc1noc(CN(C)C2CCC(C)CC2)n1. The van der Waals surface area contributed by atoms with E-state index >= 15 is 0 Å². The molecule has 0 radical (unpaired) electrons. The average Bonchev–Trinajstić information content (AvgIpc) is 2.77. The standard InChI is InChI=1S/C13H23N3O/c1-4-12-14-13(17-15-12)9-16(3)11-7-5-10(2)6-8-11/h10-11H,4-9H2,1-3H3. The van der Waals surface area contributed by atoms with Crippen molar-refractivity contribution in [2.45, 2.75) is 58.5 Å². The Labute approximate surface area is 103 Å². The Balaban J connectivity index is 1.85. The highest BCUT2D eigenvalue weighted by atomic mass is 16.5. The maximum atomic E-state index is 5.24. The summed E-state index contributed by atoms with van der Waals surface area (Å²) in [7, 11) is 2.16. The van der Waals surface area contributed by atoms with E-state index in [0.717, 1.165) is 30.6 Å². The van der Waals surface area contributed by atoms with Gasteiger partial charge < -0.3 is 4.52 Å². The lowest BCUT2D eigenvalue weighted by Gasteiger charge is -2.32. The Morgan fingerprint density at radius 1 is 1.29 bits per heavy atom. The van der Waals surface area contributed by atoms with Crippen molar-refractivity contribution in [3.63, 3.8) is 0 Å². The van der Waals surface area contributed by atoms with Crippen LogP contribution < -0.4 is 0 Å². The summed E-state index contributed by atoms with van der Waals surface area (Å²) in [5, 5.41) is 3.93. The van der Waals surface area contributed by atoms with Gasteiger partial charge in [-0.1, -0.05) is 19.0 Å². The van der Waals surface area contributed by atoms with Crippen LogP contribution >= 0.6 is 0 Å². The van der Waals surface area contributed by atoms with Gasteiger partial charge in [-0.3, -0.25) is 4.90 Å². The predicted octanol–water partition coefficient (Wildman–Crippen LogP) is 2.64. The van der Waals surface area contributed by atoms with Crippen LogP contribution in [0.4, 0.5) is 0 Å². The van der Waals surface area contributed by atoms with E-state index in [4.69, 9.17) is 4.52 Å². The van der Waals surface area contributed by atoms with Gasteiger partial charge in [-0.15, -0.1) is 0 Å². The van der Waals surface area contributed by atoms with Crippen molar-refractivity contribution in [3.05, 3.63) is 11.7 Å². The first kappa shape index (κ1) is 12.6. The maximum absolute atomic E-state index is 5.24. The molecule has 1 aliphatic carbocycles. The molecule has 0 atom stereocenters. The van der Waals surface area contributed by atoms with Crippen LogP contribution in [0.2, 0.25) is 0 Å². The van der Waals surface area contributed by atoms with Crippen molar-refractivity contribution in [3.8, 4) is 0 Å². The zero-order valence-corrected chi connectivity index (χ0v) is 11.1. The first-order valence-corrected chi connectivity index (χ1v) is 6.70.